The summed E-state index contributed by atoms with van der Waals surface area (Å²) in [6, 6.07) is 3.08. The number of hydrogen-bond donors (Lipinski definition) is 1. The van der Waals surface area contributed by atoms with Crippen molar-refractivity contribution in [3.63, 3.8) is 0 Å². The zero-order chi connectivity index (χ0) is 21.8. The van der Waals surface area contributed by atoms with Crippen LogP contribution in [0.4, 0.5) is 33.5 Å². The zero-order valence-corrected chi connectivity index (χ0v) is 16.0. The lowest BCUT2D eigenvalue weighted by atomic mass is 9.94. The maximum Gasteiger partial charge on any atom is 0.421 e. The smallest absolute Gasteiger partial charge is 0.421 e. The molecular weight excluding hydrogens is 397 g/mol. The first-order valence-corrected chi connectivity index (χ1v) is 8.55. The first-order valence-electron chi connectivity index (χ1n) is 8.55. The first-order chi connectivity index (χ1) is 13.6. The number of nitrogens with one attached hydrogen (secondary N) is 1. The number of pyridine rings is 1. The fraction of sp³-hybridized carbons (Fsp3) is 0.368. The SMILES string of the molecule is CNc1ccnc(N(C)CC(CC=O)c2c(F)cc(OC)cc2F)c1C(F)(F)F. The predicted molar refractivity (Wildman–Crippen MR) is 98.4 cm³/mol. The molecule has 2 rings (SSSR count). The molecule has 1 atom stereocenters. The van der Waals surface area contributed by atoms with Gasteiger partial charge < -0.3 is 19.7 Å². The minimum atomic E-state index is -4.72. The molecule has 2 aromatic rings. The van der Waals surface area contributed by atoms with Gasteiger partial charge in [0.1, 0.15) is 35.1 Å². The quantitative estimate of drug-likeness (QED) is 0.515. The Morgan fingerprint density at radius 3 is 2.38 bits per heavy atom. The van der Waals surface area contributed by atoms with Crippen LogP contribution in [-0.4, -0.2) is 39.0 Å². The van der Waals surface area contributed by atoms with E-state index in [4.69, 9.17) is 4.74 Å². The topological polar surface area (TPSA) is 54.5 Å². The lowest BCUT2D eigenvalue weighted by Crippen LogP contribution is -2.29. The van der Waals surface area contributed by atoms with Crippen LogP contribution in [0.15, 0.2) is 24.4 Å². The average Bonchev–Trinajstić information content (AvgIpc) is 2.65. The Bertz CT molecular complexity index is 850. The maximum absolute atomic E-state index is 14.5. The van der Waals surface area contributed by atoms with E-state index in [1.54, 1.807) is 0 Å². The molecule has 0 saturated heterocycles. The van der Waals surface area contributed by atoms with E-state index in [0.29, 0.717) is 6.29 Å². The second-order valence-corrected chi connectivity index (χ2v) is 6.29. The maximum atomic E-state index is 14.5. The number of likely N-dealkylation sites (N-methyl/N-ethyl adjacent to an activating group) is 1. The number of carbonyl (C=O) groups excluding carboxylic acids is 1. The van der Waals surface area contributed by atoms with Gasteiger partial charge in [-0.15, -0.1) is 0 Å². The van der Waals surface area contributed by atoms with Crippen molar-refractivity contribution in [2.24, 2.45) is 0 Å². The van der Waals surface area contributed by atoms with Crippen LogP contribution in [0.25, 0.3) is 0 Å². The average molecular weight is 417 g/mol. The highest BCUT2D eigenvalue weighted by atomic mass is 19.4. The first kappa shape index (κ1) is 22.4. The van der Waals surface area contributed by atoms with Crippen LogP contribution in [-0.2, 0) is 11.0 Å². The van der Waals surface area contributed by atoms with Gasteiger partial charge in [-0.1, -0.05) is 0 Å². The number of methoxy groups -OCH3 is 1. The van der Waals surface area contributed by atoms with Crippen molar-refractivity contribution in [2.45, 2.75) is 18.5 Å². The highest BCUT2D eigenvalue weighted by Crippen LogP contribution is 2.40. The number of nitrogens with zero attached hydrogens (tertiary/aromatic N) is 2. The Labute approximate surface area is 164 Å². The molecule has 1 unspecified atom stereocenters. The molecule has 0 aliphatic carbocycles. The van der Waals surface area contributed by atoms with E-state index >= 15 is 0 Å². The van der Waals surface area contributed by atoms with Crippen molar-refractivity contribution >= 4 is 17.8 Å². The third-order valence-electron chi connectivity index (χ3n) is 4.42. The van der Waals surface area contributed by atoms with Crippen LogP contribution < -0.4 is 15.0 Å². The summed E-state index contributed by atoms with van der Waals surface area (Å²) in [5, 5.41) is 2.46. The van der Waals surface area contributed by atoms with E-state index in [9.17, 15) is 26.7 Å². The molecule has 0 aliphatic heterocycles. The number of benzene rings is 1. The summed E-state index contributed by atoms with van der Waals surface area (Å²) >= 11 is 0. The lowest BCUT2D eigenvalue weighted by Gasteiger charge is -2.28. The largest absolute Gasteiger partial charge is 0.497 e. The van der Waals surface area contributed by atoms with Crippen molar-refractivity contribution in [1.29, 1.82) is 0 Å². The molecule has 0 fully saturated rings. The minimum absolute atomic E-state index is 0.0512. The molecule has 5 nitrogen and oxygen atoms in total. The fourth-order valence-corrected chi connectivity index (χ4v) is 3.11. The summed E-state index contributed by atoms with van der Waals surface area (Å²) in [6.45, 7) is -0.276. The number of carbonyl (C=O) groups is 1. The third-order valence-corrected chi connectivity index (χ3v) is 4.42. The minimum Gasteiger partial charge on any atom is -0.497 e. The molecule has 0 saturated carbocycles. The van der Waals surface area contributed by atoms with Gasteiger partial charge in [-0.2, -0.15) is 13.2 Å². The van der Waals surface area contributed by atoms with Gasteiger partial charge in [-0.05, 0) is 6.07 Å². The van der Waals surface area contributed by atoms with Gasteiger partial charge in [-0.25, -0.2) is 13.8 Å². The molecule has 0 radical (unpaired) electrons. The van der Waals surface area contributed by atoms with Gasteiger partial charge in [0.15, 0.2) is 0 Å². The molecular formula is C19H20F5N3O2. The van der Waals surface area contributed by atoms with Crippen molar-refractivity contribution in [2.75, 3.05) is 38.0 Å². The predicted octanol–water partition coefficient (Wildman–Crippen LogP) is 4.24. The monoisotopic (exact) mass is 417 g/mol. The Morgan fingerprint density at radius 1 is 1.28 bits per heavy atom. The lowest BCUT2D eigenvalue weighted by molar-refractivity contribution is -0.136. The number of ether oxygens (including phenoxy) is 1. The highest BCUT2D eigenvalue weighted by molar-refractivity contribution is 5.64. The second kappa shape index (κ2) is 9.06. The standard InChI is InChI=1S/C19H20F5N3O2/c1-25-15-4-6-26-18(17(15)19(22,23)24)27(2)10-11(5-7-28)16-13(20)8-12(29-3)9-14(16)21/h4,6-9,11H,5,10H2,1-3H3,(H,25,26). The van der Waals surface area contributed by atoms with E-state index in [1.807, 2.05) is 0 Å². The molecule has 158 valence electrons. The Hall–Kier alpha value is -2.91. The van der Waals surface area contributed by atoms with Crippen LogP contribution in [0, 0.1) is 11.6 Å². The molecule has 1 aromatic carbocycles. The van der Waals surface area contributed by atoms with Crippen LogP contribution in [0.1, 0.15) is 23.5 Å². The van der Waals surface area contributed by atoms with E-state index in [-0.39, 0.29) is 24.4 Å². The summed E-state index contributed by atoms with van der Waals surface area (Å²) in [5.74, 6) is -3.41. The van der Waals surface area contributed by atoms with Gasteiger partial charge in [0.2, 0.25) is 0 Å². The van der Waals surface area contributed by atoms with Gasteiger partial charge in [0.25, 0.3) is 0 Å². The number of rotatable bonds is 8. The number of anilines is 2. The van der Waals surface area contributed by atoms with Gasteiger partial charge in [0, 0.05) is 56.9 Å². The number of halogens is 5. The van der Waals surface area contributed by atoms with E-state index in [2.05, 4.69) is 10.3 Å². The molecule has 0 amide bonds. The van der Waals surface area contributed by atoms with Crippen molar-refractivity contribution in [1.82, 2.24) is 4.98 Å². The molecule has 1 N–H and O–H groups in total. The Morgan fingerprint density at radius 2 is 1.90 bits per heavy atom. The highest BCUT2D eigenvalue weighted by Gasteiger charge is 2.38. The molecule has 1 aromatic heterocycles. The van der Waals surface area contributed by atoms with Gasteiger partial charge in [-0.3, -0.25) is 0 Å². The number of aromatic nitrogens is 1. The van der Waals surface area contributed by atoms with Crippen LogP contribution in [0.2, 0.25) is 0 Å². The van der Waals surface area contributed by atoms with Crippen molar-refractivity contribution in [3.05, 3.63) is 47.2 Å². The van der Waals surface area contributed by atoms with Gasteiger partial charge >= 0.3 is 6.18 Å². The van der Waals surface area contributed by atoms with Gasteiger partial charge in [0.05, 0.1) is 12.8 Å². The van der Waals surface area contributed by atoms with Crippen LogP contribution in [0.5, 0.6) is 5.75 Å². The molecule has 0 bridgehead atoms. The molecule has 0 spiro atoms. The molecule has 0 aliphatic rings. The molecule has 10 heteroatoms. The number of alkyl halides is 3. The summed E-state index contributed by atoms with van der Waals surface area (Å²) in [5.41, 5.74) is -1.60. The van der Waals surface area contributed by atoms with E-state index < -0.39 is 40.7 Å². The van der Waals surface area contributed by atoms with Crippen LogP contribution in [0.3, 0.4) is 0 Å². The zero-order valence-electron chi connectivity index (χ0n) is 16.0. The molecule has 29 heavy (non-hydrogen) atoms. The summed E-state index contributed by atoms with van der Waals surface area (Å²) in [6.07, 6.45) is -3.36. The van der Waals surface area contributed by atoms with E-state index in [0.717, 1.165) is 17.0 Å². The third kappa shape index (κ3) is 4.93. The number of aldehydes is 1. The Kier molecular flexibility index (Phi) is 6.99. The summed E-state index contributed by atoms with van der Waals surface area (Å²) in [4.78, 5) is 16.0. The second-order valence-electron chi connectivity index (χ2n) is 6.29. The normalized spacial score (nSPS) is 12.4. The summed E-state index contributed by atoms with van der Waals surface area (Å²) in [7, 11) is 3.89. The Balaban J connectivity index is 2.47. The summed E-state index contributed by atoms with van der Waals surface area (Å²) < 4.78 is 74.4. The van der Waals surface area contributed by atoms with E-state index in [1.165, 1.54) is 33.5 Å². The fourth-order valence-electron chi connectivity index (χ4n) is 3.11. The molecule has 1 heterocycles. The van der Waals surface area contributed by atoms with Crippen molar-refractivity contribution < 1.29 is 31.5 Å². The number of hydrogen-bond acceptors (Lipinski definition) is 5. The van der Waals surface area contributed by atoms with Crippen molar-refractivity contribution in [3.8, 4) is 5.75 Å². The van der Waals surface area contributed by atoms with Crippen LogP contribution >= 0.6 is 0 Å².